The lowest BCUT2D eigenvalue weighted by molar-refractivity contribution is 0.102. The molecule has 0 radical (unpaired) electrons. The summed E-state index contributed by atoms with van der Waals surface area (Å²) in [5.74, 6) is 1.79. The summed E-state index contributed by atoms with van der Waals surface area (Å²) in [6.45, 7) is 0. The topological polar surface area (TPSA) is 81.4 Å². The number of carbonyl (C=O) groups excluding carboxylic acids is 1. The normalized spacial score (nSPS) is 14.2. The van der Waals surface area contributed by atoms with Crippen LogP contribution in [0.4, 0.5) is 5.69 Å². The fraction of sp³-hybridized carbons (Fsp3) is 0.286. The maximum Gasteiger partial charge on any atom is 0.286 e. The van der Waals surface area contributed by atoms with Gasteiger partial charge in [-0.15, -0.1) is 15.3 Å². The molecule has 0 spiro atoms. The van der Waals surface area contributed by atoms with E-state index in [9.17, 15) is 4.79 Å². The van der Waals surface area contributed by atoms with E-state index >= 15 is 0 Å². The van der Waals surface area contributed by atoms with Gasteiger partial charge in [0, 0.05) is 11.6 Å². The number of benzene rings is 1. The maximum atomic E-state index is 12.3. The number of nitrogens with one attached hydrogen (secondary N) is 1. The number of fused-ring (bicyclic) bond motifs is 1. The van der Waals surface area contributed by atoms with Crippen LogP contribution in [0.25, 0.3) is 4.96 Å². The van der Waals surface area contributed by atoms with Crippen molar-refractivity contribution in [1.29, 1.82) is 0 Å². The highest BCUT2D eigenvalue weighted by molar-refractivity contribution is 7.18. The molecule has 1 aliphatic carbocycles. The fourth-order valence-electron chi connectivity index (χ4n) is 2.18. The highest BCUT2D eigenvalue weighted by Gasteiger charge is 2.30. The maximum absolute atomic E-state index is 12.3. The van der Waals surface area contributed by atoms with Crippen molar-refractivity contribution in [3.05, 3.63) is 35.1 Å². The zero-order chi connectivity index (χ0) is 15.1. The summed E-state index contributed by atoms with van der Waals surface area (Å²) in [6, 6.07) is 7.15. The second kappa shape index (κ2) is 5.06. The SMILES string of the molecule is COc1ccc(NC(=O)c2nn3c(C4CC4)nnc3s2)cc1. The van der Waals surface area contributed by atoms with Gasteiger partial charge in [0.25, 0.3) is 5.91 Å². The van der Waals surface area contributed by atoms with E-state index in [4.69, 9.17) is 4.74 Å². The second-order valence-corrected chi connectivity index (χ2v) is 6.07. The van der Waals surface area contributed by atoms with Gasteiger partial charge in [0.2, 0.25) is 9.97 Å². The summed E-state index contributed by atoms with van der Waals surface area (Å²) < 4.78 is 6.77. The molecule has 112 valence electrons. The Morgan fingerprint density at radius 3 is 2.77 bits per heavy atom. The first-order valence-corrected chi connectivity index (χ1v) is 7.74. The predicted octanol–water partition coefficient (Wildman–Crippen LogP) is 2.32. The average molecular weight is 315 g/mol. The number of anilines is 1. The number of aromatic nitrogens is 4. The van der Waals surface area contributed by atoms with Crippen molar-refractivity contribution in [2.24, 2.45) is 0 Å². The summed E-state index contributed by atoms with van der Waals surface area (Å²) >= 11 is 1.24. The van der Waals surface area contributed by atoms with Gasteiger partial charge in [0.15, 0.2) is 5.82 Å². The Morgan fingerprint density at radius 2 is 2.09 bits per heavy atom. The molecule has 0 bridgehead atoms. The highest BCUT2D eigenvalue weighted by Crippen LogP contribution is 2.39. The third kappa shape index (κ3) is 2.31. The van der Waals surface area contributed by atoms with Crippen LogP contribution < -0.4 is 10.1 Å². The minimum Gasteiger partial charge on any atom is -0.497 e. The quantitative estimate of drug-likeness (QED) is 0.799. The van der Waals surface area contributed by atoms with E-state index in [2.05, 4.69) is 20.6 Å². The Morgan fingerprint density at radius 1 is 1.32 bits per heavy atom. The molecule has 3 aromatic rings. The lowest BCUT2D eigenvalue weighted by atomic mass is 10.3. The van der Waals surface area contributed by atoms with E-state index in [0.29, 0.717) is 21.6 Å². The van der Waals surface area contributed by atoms with Gasteiger partial charge >= 0.3 is 0 Å². The monoisotopic (exact) mass is 315 g/mol. The summed E-state index contributed by atoms with van der Waals surface area (Å²) in [7, 11) is 1.60. The Balaban J connectivity index is 1.56. The van der Waals surface area contributed by atoms with Crippen molar-refractivity contribution in [2.45, 2.75) is 18.8 Å². The number of methoxy groups -OCH3 is 1. The van der Waals surface area contributed by atoms with E-state index in [1.54, 1.807) is 35.9 Å². The molecule has 1 aromatic carbocycles. The number of amides is 1. The lowest BCUT2D eigenvalue weighted by Crippen LogP contribution is -2.12. The van der Waals surface area contributed by atoms with Gasteiger partial charge < -0.3 is 10.1 Å². The minimum absolute atomic E-state index is 0.248. The molecule has 8 heteroatoms. The van der Waals surface area contributed by atoms with Crippen molar-refractivity contribution in [3.8, 4) is 5.75 Å². The first-order valence-electron chi connectivity index (χ1n) is 6.92. The molecular formula is C14H13N5O2S. The van der Waals surface area contributed by atoms with Crippen LogP contribution in [0.1, 0.15) is 34.4 Å². The summed E-state index contributed by atoms with van der Waals surface area (Å²) in [5, 5.41) is 15.8. The van der Waals surface area contributed by atoms with Gasteiger partial charge in [0.05, 0.1) is 7.11 Å². The van der Waals surface area contributed by atoms with Crippen molar-refractivity contribution in [1.82, 2.24) is 19.8 Å². The number of rotatable bonds is 4. The average Bonchev–Trinajstić information content (AvgIpc) is 3.16. The van der Waals surface area contributed by atoms with E-state index < -0.39 is 0 Å². The number of carbonyl (C=O) groups is 1. The molecule has 0 saturated heterocycles. The molecule has 1 aliphatic rings. The number of hydrogen-bond donors (Lipinski definition) is 1. The molecule has 7 nitrogen and oxygen atoms in total. The highest BCUT2D eigenvalue weighted by atomic mass is 32.1. The Bertz CT molecular complexity index is 835. The van der Waals surface area contributed by atoms with Gasteiger partial charge in [-0.1, -0.05) is 11.3 Å². The molecule has 1 fully saturated rings. The molecule has 0 unspecified atom stereocenters. The third-order valence-corrected chi connectivity index (χ3v) is 4.40. The molecule has 1 amide bonds. The summed E-state index contributed by atoms with van der Waals surface area (Å²) in [5.41, 5.74) is 0.694. The molecule has 22 heavy (non-hydrogen) atoms. The Labute approximate surface area is 129 Å². The first kappa shape index (κ1) is 13.2. The zero-order valence-electron chi connectivity index (χ0n) is 11.8. The molecule has 2 heterocycles. The van der Waals surface area contributed by atoms with Gasteiger partial charge in [0.1, 0.15) is 5.75 Å². The molecule has 0 aliphatic heterocycles. The second-order valence-electron chi connectivity index (χ2n) is 5.12. The zero-order valence-corrected chi connectivity index (χ0v) is 12.6. The number of ether oxygens (including phenoxy) is 1. The van der Waals surface area contributed by atoms with Crippen molar-refractivity contribution >= 4 is 27.9 Å². The van der Waals surface area contributed by atoms with Crippen LogP contribution in [0, 0.1) is 0 Å². The Kier molecular flexibility index (Phi) is 3.04. The molecule has 0 atom stereocenters. The van der Waals surface area contributed by atoms with Crippen molar-refractivity contribution in [2.75, 3.05) is 12.4 Å². The van der Waals surface area contributed by atoms with Crippen LogP contribution in [0.3, 0.4) is 0 Å². The van der Waals surface area contributed by atoms with Gasteiger partial charge in [-0.3, -0.25) is 4.79 Å². The van der Waals surface area contributed by atoms with E-state index in [0.717, 1.165) is 24.4 Å². The van der Waals surface area contributed by atoms with E-state index in [-0.39, 0.29) is 5.91 Å². The lowest BCUT2D eigenvalue weighted by Gasteiger charge is -2.04. The molecular weight excluding hydrogens is 302 g/mol. The van der Waals surface area contributed by atoms with Crippen LogP contribution in [-0.2, 0) is 0 Å². The van der Waals surface area contributed by atoms with Crippen molar-refractivity contribution < 1.29 is 9.53 Å². The summed E-state index contributed by atoms with van der Waals surface area (Å²) in [6.07, 6.45) is 2.23. The number of hydrogen-bond acceptors (Lipinski definition) is 6. The minimum atomic E-state index is -0.248. The Hall–Kier alpha value is -2.48. The fourth-order valence-corrected chi connectivity index (χ4v) is 2.92. The predicted molar refractivity (Wildman–Crippen MR) is 81.6 cm³/mol. The smallest absolute Gasteiger partial charge is 0.286 e. The van der Waals surface area contributed by atoms with Gasteiger partial charge in [-0.05, 0) is 37.1 Å². The van der Waals surface area contributed by atoms with E-state index in [1.165, 1.54) is 11.3 Å². The molecule has 1 N–H and O–H groups in total. The molecule has 4 rings (SSSR count). The van der Waals surface area contributed by atoms with Crippen LogP contribution in [0.2, 0.25) is 0 Å². The van der Waals surface area contributed by atoms with Crippen LogP contribution in [0.15, 0.2) is 24.3 Å². The van der Waals surface area contributed by atoms with Crippen LogP contribution >= 0.6 is 11.3 Å². The van der Waals surface area contributed by atoms with Crippen LogP contribution in [0.5, 0.6) is 5.75 Å². The first-order chi connectivity index (χ1) is 10.7. The standard InChI is InChI=1S/C14H13N5O2S/c1-21-10-6-4-9(5-7-10)15-12(20)13-18-19-11(8-2-3-8)16-17-14(19)22-13/h4-8H,2-3H2,1H3,(H,15,20). The van der Waals surface area contributed by atoms with E-state index in [1.807, 2.05) is 0 Å². The van der Waals surface area contributed by atoms with Crippen LogP contribution in [-0.4, -0.2) is 32.8 Å². The van der Waals surface area contributed by atoms with Gasteiger partial charge in [-0.25, -0.2) is 0 Å². The third-order valence-electron chi connectivity index (χ3n) is 3.50. The number of nitrogens with zero attached hydrogens (tertiary/aromatic N) is 4. The van der Waals surface area contributed by atoms with Gasteiger partial charge in [-0.2, -0.15) is 4.52 Å². The molecule has 2 aromatic heterocycles. The van der Waals surface area contributed by atoms with Crippen molar-refractivity contribution in [3.63, 3.8) is 0 Å². The summed E-state index contributed by atoms with van der Waals surface area (Å²) in [4.78, 5) is 12.9. The molecule has 1 saturated carbocycles. The largest absolute Gasteiger partial charge is 0.497 e.